The van der Waals surface area contributed by atoms with Crippen molar-refractivity contribution in [3.05, 3.63) is 0 Å². The molecule has 1 rings (SSSR count). The van der Waals surface area contributed by atoms with Crippen molar-refractivity contribution in [2.75, 3.05) is 0 Å². The van der Waals surface area contributed by atoms with Crippen molar-refractivity contribution in [3.63, 3.8) is 0 Å². The Kier molecular flexibility index (Phi) is 10.9. The summed E-state index contributed by atoms with van der Waals surface area (Å²) in [6, 6.07) is 0. The summed E-state index contributed by atoms with van der Waals surface area (Å²) in [7, 11) is 0. The zero-order chi connectivity index (χ0) is 8.86. The third kappa shape index (κ3) is 6.20. The molecule has 1 saturated carbocycles. The Morgan fingerprint density at radius 1 is 1.07 bits per heavy atom. The summed E-state index contributed by atoms with van der Waals surface area (Å²) in [4.78, 5) is 0. The molecule has 0 aromatic heterocycles. The molecule has 1 nitrogen and oxygen atoms in total. The van der Waals surface area contributed by atoms with Crippen molar-refractivity contribution < 1.29 is 9.81 Å². The largest absolute Gasteiger partial charge is 2.00 e. The Bertz CT molecular complexity index is 124. The van der Waals surface area contributed by atoms with Crippen LogP contribution in [0.5, 0.6) is 0 Å². The zero-order valence-electron chi connectivity index (χ0n) is 9.36. The number of unbranched alkanes of at least 4 members (excludes halogenated alkanes) is 2. The average Bonchev–Trinajstić information content (AvgIpc) is 2.06. The standard InChI is InChI=1S/C11H21O.FH.Mg/c1-2-3-5-8-11(12)9-6-4-7-10-11;;/h2-10H2,1H3;1H;/q-1;;+2/p-1. The van der Waals surface area contributed by atoms with E-state index in [9.17, 15) is 5.11 Å². The Hall–Kier alpha value is 0.656. The summed E-state index contributed by atoms with van der Waals surface area (Å²) >= 11 is 0. The fraction of sp³-hybridized carbons (Fsp3) is 1.00. The maximum atomic E-state index is 12.0. The molecule has 0 saturated heterocycles. The molecule has 0 unspecified atom stereocenters. The van der Waals surface area contributed by atoms with Gasteiger partial charge in [-0.3, -0.25) is 0 Å². The predicted molar refractivity (Wildman–Crippen MR) is 55.7 cm³/mol. The zero-order valence-corrected chi connectivity index (χ0v) is 10.8. The Labute approximate surface area is 103 Å². The number of hydrogen-bond donors (Lipinski definition) is 0. The minimum atomic E-state index is -0.520. The normalized spacial score (nSPS) is 19.3. The second kappa shape index (κ2) is 8.92. The van der Waals surface area contributed by atoms with Crippen molar-refractivity contribution in [2.45, 2.75) is 70.3 Å². The fourth-order valence-electron chi connectivity index (χ4n) is 2.14. The topological polar surface area (TPSA) is 23.1 Å². The molecule has 14 heavy (non-hydrogen) atoms. The van der Waals surface area contributed by atoms with E-state index in [4.69, 9.17) is 0 Å². The van der Waals surface area contributed by atoms with E-state index in [1.54, 1.807) is 0 Å². The van der Waals surface area contributed by atoms with Crippen LogP contribution in [0.25, 0.3) is 0 Å². The van der Waals surface area contributed by atoms with Gasteiger partial charge in [0.1, 0.15) is 0 Å². The van der Waals surface area contributed by atoms with Gasteiger partial charge in [-0.1, -0.05) is 64.7 Å². The Morgan fingerprint density at radius 2 is 1.64 bits per heavy atom. The molecule has 0 spiro atoms. The van der Waals surface area contributed by atoms with Gasteiger partial charge < -0.3 is 9.81 Å². The van der Waals surface area contributed by atoms with Crippen LogP contribution in [0.3, 0.4) is 0 Å². The van der Waals surface area contributed by atoms with Gasteiger partial charge in [-0.15, -0.1) is 5.60 Å². The van der Waals surface area contributed by atoms with E-state index in [0.29, 0.717) is 0 Å². The van der Waals surface area contributed by atoms with Gasteiger partial charge in [0.2, 0.25) is 0 Å². The monoisotopic (exact) mass is 212 g/mol. The van der Waals surface area contributed by atoms with Gasteiger partial charge in [0.15, 0.2) is 0 Å². The first-order valence-electron chi connectivity index (χ1n) is 5.47. The molecule has 1 fully saturated rings. The van der Waals surface area contributed by atoms with E-state index in [0.717, 1.165) is 25.7 Å². The van der Waals surface area contributed by atoms with Crippen molar-refractivity contribution in [1.82, 2.24) is 0 Å². The summed E-state index contributed by atoms with van der Waals surface area (Å²) in [5, 5.41) is 12.0. The van der Waals surface area contributed by atoms with Gasteiger partial charge in [-0.05, 0) is 0 Å². The fourth-order valence-corrected chi connectivity index (χ4v) is 2.14. The Balaban J connectivity index is 0. The van der Waals surface area contributed by atoms with E-state index in [1.807, 2.05) is 0 Å². The summed E-state index contributed by atoms with van der Waals surface area (Å²) in [6.07, 6.45) is 10.1. The van der Waals surface area contributed by atoms with Crippen LogP contribution < -0.4 is 9.81 Å². The van der Waals surface area contributed by atoms with Crippen molar-refractivity contribution >= 4 is 23.1 Å². The van der Waals surface area contributed by atoms with E-state index in [2.05, 4.69) is 6.92 Å². The number of hydrogen-bond acceptors (Lipinski definition) is 1. The SMILES string of the molecule is CCCCCC1([O-])CCCCC1.[F-].[Mg+2]. The number of halogens is 1. The summed E-state index contributed by atoms with van der Waals surface area (Å²) in [5.41, 5.74) is -0.520. The summed E-state index contributed by atoms with van der Waals surface area (Å²) in [5.74, 6) is 0. The molecule has 80 valence electrons. The van der Waals surface area contributed by atoms with Crippen LogP contribution in [0.4, 0.5) is 0 Å². The van der Waals surface area contributed by atoms with Crippen molar-refractivity contribution in [2.24, 2.45) is 0 Å². The molecule has 1 aliphatic carbocycles. The first kappa shape index (κ1) is 17.1. The third-order valence-corrected chi connectivity index (χ3v) is 3.00. The smallest absolute Gasteiger partial charge is 1.00 e. The van der Waals surface area contributed by atoms with Gasteiger partial charge in [-0.2, -0.15) is 0 Å². The van der Waals surface area contributed by atoms with Crippen LogP contribution in [0.15, 0.2) is 0 Å². The molecule has 1 aliphatic rings. The maximum Gasteiger partial charge on any atom is 2.00 e. The van der Waals surface area contributed by atoms with Crippen LogP contribution in [-0.2, 0) is 0 Å². The molecule has 0 aromatic carbocycles. The molecule has 0 N–H and O–H groups in total. The molecule has 0 atom stereocenters. The van der Waals surface area contributed by atoms with Gasteiger partial charge in [0.25, 0.3) is 0 Å². The van der Waals surface area contributed by atoms with E-state index in [-0.39, 0.29) is 27.8 Å². The van der Waals surface area contributed by atoms with Crippen molar-refractivity contribution in [1.29, 1.82) is 0 Å². The van der Waals surface area contributed by atoms with Gasteiger partial charge >= 0.3 is 23.1 Å². The first-order valence-corrected chi connectivity index (χ1v) is 5.47. The molecule has 0 heterocycles. The van der Waals surface area contributed by atoms with Gasteiger partial charge in [-0.25, -0.2) is 0 Å². The molecule has 0 aliphatic heterocycles. The third-order valence-electron chi connectivity index (χ3n) is 3.00. The minimum absolute atomic E-state index is 0. The first-order chi connectivity index (χ1) is 5.77. The second-order valence-corrected chi connectivity index (χ2v) is 4.20. The molecular weight excluding hydrogens is 191 g/mol. The van der Waals surface area contributed by atoms with E-state index >= 15 is 0 Å². The summed E-state index contributed by atoms with van der Waals surface area (Å²) < 4.78 is 0. The molecule has 3 heteroatoms. The quantitative estimate of drug-likeness (QED) is 0.444. The average molecular weight is 213 g/mol. The summed E-state index contributed by atoms with van der Waals surface area (Å²) in [6.45, 7) is 2.19. The minimum Gasteiger partial charge on any atom is -1.00 e. The van der Waals surface area contributed by atoms with Gasteiger partial charge in [0.05, 0.1) is 0 Å². The second-order valence-electron chi connectivity index (χ2n) is 4.20. The molecule has 0 amide bonds. The number of rotatable bonds is 4. The van der Waals surface area contributed by atoms with Crippen LogP contribution in [0.2, 0.25) is 0 Å². The molecular formula is C11H21FMgO. The molecule has 0 bridgehead atoms. The van der Waals surface area contributed by atoms with Crippen LogP contribution in [0, 0.1) is 0 Å². The van der Waals surface area contributed by atoms with Crippen LogP contribution in [0.1, 0.15) is 64.7 Å². The predicted octanol–water partition coefficient (Wildman–Crippen LogP) is -0.747. The maximum absolute atomic E-state index is 12.0. The van der Waals surface area contributed by atoms with Gasteiger partial charge in [0, 0.05) is 0 Å². The van der Waals surface area contributed by atoms with Crippen LogP contribution >= 0.6 is 0 Å². The van der Waals surface area contributed by atoms with E-state index in [1.165, 1.54) is 32.1 Å². The van der Waals surface area contributed by atoms with Crippen molar-refractivity contribution in [3.8, 4) is 0 Å². The molecule has 0 radical (unpaired) electrons. The Morgan fingerprint density at radius 3 is 2.14 bits per heavy atom. The van der Waals surface area contributed by atoms with Crippen LogP contribution in [-0.4, -0.2) is 28.7 Å². The van der Waals surface area contributed by atoms with E-state index < -0.39 is 5.60 Å². The molecule has 0 aromatic rings.